The topological polar surface area (TPSA) is 153 Å². The fourth-order valence-corrected chi connectivity index (χ4v) is 1.68. The zero-order valence-corrected chi connectivity index (χ0v) is 11.2. The number of rotatable bonds is 6. The van der Waals surface area contributed by atoms with Gasteiger partial charge in [0.05, 0.1) is 12.7 Å². The van der Waals surface area contributed by atoms with Crippen molar-refractivity contribution in [1.82, 2.24) is 19.9 Å². The molecule has 2 heterocycles. The highest BCUT2D eigenvalue weighted by atomic mass is 16.6. The number of ether oxygens (including phenoxy) is 1. The lowest BCUT2D eigenvalue weighted by Crippen LogP contribution is -2.41. The Bertz CT molecular complexity index is 528. The number of H-pyrrole nitrogens is 2. The summed E-state index contributed by atoms with van der Waals surface area (Å²) in [7, 11) is 0. The summed E-state index contributed by atoms with van der Waals surface area (Å²) in [5.74, 6) is -1.65. The molecule has 0 radical (unpaired) electrons. The molecular weight excluding hydrogens is 276 g/mol. The molecule has 6 N–H and O–H groups in total. The highest BCUT2D eigenvalue weighted by Crippen LogP contribution is 2.02. The molecule has 21 heavy (non-hydrogen) atoms. The van der Waals surface area contributed by atoms with Gasteiger partial charge in [-0.05, 0) is 0 Å². The van der Waals surface area contributed by atoms with Crippen molar-refractivity contribution >= 4 is 11.9 Å². The first-order valence-corrected chi connectivity index (χ1v) is 6.27. The van der Waals surface area contributed by atoms with Crippen molar-refractivity contribution < 1.29 is 14.3 Å². The Morgan fingerprint density at radius 2 is 1.43 bits per heavy atom. The average Bonchev–Trinajstić information content (AvgIpc) is 3.11. The number of imidazole rings is 2. The second kappa shape index (κ2) is 6.77. The van der Waals surface area contributed by atoms with Gasteiger partial charge >= 0.3 is 11.9 Å². The van der Waals surface area contributed by atoms with Crippen LogP contribution in [0.5, 0.6) is 0 Å². The molecule has 0 saturated heterocycles. The van der Waals surface area contributed by atoms with Crippen molar-refractivity contribution in [3.05, 3.63) is 36.4 Å². The van der Waals surface area contributed by atoms with E-state index < -0.39 is 24.0 Å². The summed E-state index contributed by atoms with van der Waals surface area (Å²) in [5.41, 5.74) is 12.7. The molecule has 9 nitrogen and oxygen atoms in total. The fourth-order valence-electron chi connectivity index (χ4n) is 1.68. The normalized spacial score (nSPS) is 13.6. The summed E-state index contributed by atoms with van der Waals surface area (Å²) in [5, 5.41) is 0. The van der Waals surface area contributed by atoms with E-state index >= 15 is 0 Å². The number of nitrogens with one attached hydrogen (secondary N) is 2. The first-order chi connectivity index (χ1) is 10.1. The quantitative estimate of drug-likeness (QED) is 0.379. The van der Waals surface area contributed by atoms with Crippen LogP contribution in [0.2, 0.25) is 0 Å². The van der Waals surface area contributed by atoms with Gasteiger partial charge in [-0.25, -0.2) is 19.6 Å². The van der Waals surface area contributed by atoms with Gasteiger partial charge in [-0.2, -0.15) is 0 Å². The van der Waals surface area contributed by atoms with E-state index in [1.165, 1.54) is 12.7 Å². The minimum Gasteiger partial charge on any atom is -0.391 e. The molecule has 0 fully saturated rings. The number of hydrogen-bond donors (Lipinski definition) is 4. The van der Waals surface area contributed by atoms with Crippen LogP contribution in [0, 0.1) is 0 Å². The van der Waals surface area contributed by atoms with E-state index in [0.717, 1.165) is 0 Å². The molecule has 112 valence electrons. The molecule has 0 aliphatic heterocycles. The molecule has 2 aromatic heterocycles. The average molecular weight is 292 g/mol. The summed E-state index contributed by atoms with van der Waals surface area (Å²) in [4.78, 5) is 36.6. The molecule has 0 aromatic carbocycles. The summed E-state index contributed by atoms with van der Waals surface area (Å²) in [6.45, 7) is 0. The third-order valence-electron chi connectivity index (χ3n) is 2.80. The highest BCUT2D eigenvalue weighted by molar-refractivity contribution is 5.90. The van der Waals surface area contributed by atoms with Gasteiger partial charge in [-0.1, -0.05) is 0 Å². The molecule has 2 aromatic rings. The largest absolute Gasteiger partial charge is 0.391 e. The SMILES string of the molecule is NC(Cc1cnc[nH]1)C(=O)OC(=O)[C@@H](N)Cc1cnc[nH]1. The van der Waals surface area contributed by atoms with Gasteiger partial charge < -0.3 is 26.2 Å². The first kappa shape index (κ1) is 14.9. The Hall–Kier alpha value is -2.52. The Labute approximate surface area is 120 Å². The minimum atomic E-state index is -0.964. The number of nitrogens with zero attached hydrogens (tertiary/aromatic N) is 2. The molecule has 0 spiro atoms. The van der Waals surface area contributed by atoms with E-state index in [4.69, 9.17) is 11.5 Å². The highest BCUT2D eigenvalue weighted by Gasteiger charge is 2.24. The first-order valence-electron chi connectivity index (χ1n) is 6.27. The monoisotopic (exact) mass is 292 g/mol. The fraction of sp³-hybridized carbons (Fsp3) is 0.333. The number of nitrogens with two attached hydrogens (primary N) is 2. The van der Waals surface area contributed by atoms with E-state index in [0.29, 0.717) is 11.4 Å². The standard InChI is InChI=1S/C12H16N6O3/c13-9(1-7-3-15-5-17-7)11(19)21-12(20)10(14)2-8-4-16-6-18-8/h3-6,9-10H,1-2,13-14H2,(H,15,17)(H,16,18)/t9-,10?/m0/s1. The molecule has 9 heteroatoms. The van der Waals surface area contributed by atoms with Crippen LogP contribution >= 0.6 is 0 Å². The second-order valence-electron chi connectivity index (χ2n) is 4.52. The molecule has 2 rings (SSSR count). The maximum atomic E-state index is 11.7. The number of carbonyl (C=O) groups excluding carboxylic acids is 2. The second-order valence-corrected chi connectivity index (χ2v) is 4.52. The van der Waals surface area contributed by atoms with Gasteiger partial charge in [0.1, 0.15) is 12.1 Å². The molecule has 0 aliphatic rings. The lowest BCUT2D eigenvalue weighted by atomic mass is 10.1. The predicted octanol–water partition coefficient (Wildman–Crippen LogP) is -1.36. The van der Waals surface area contributed by atoms with Gasteiger partial charge in [0, 0.05) is 36.6 Å². The van der Waals surface area contributed by atoms with E-state index in [1.54, 1.807) is 12.4 Å². The molecule has 2 atom stereocenters. The lowest BCUT2D eigenvalue weighted by Gasteiger charge is -2.12. The number of aromatic amines is 2. The van der Waals surface area contributed by atoms with Crippen molar-refractivity contribution in [3.63, 3.8) is 0 Å². The zero-order chi connectivity index (χ0) is 15.2. The van der Waals surface area contributed by atoms with Crippen LogP contribution in [0.15, 0.2) is 25.0 Å². The Morgan fingerprint density at radius 1 is 1.00 bits per heavy atom. The van der Waals surface area contributed by atoms with Crippen LogP contribution in [0.1, 0.15) is 11.4 Å². The van der Waals surface area contributed by atoms with Gasteiger partial charge in [-0.3, -0.25) is 0 Å². The van der Waals surface area contributed by atoms with Crippen LogP contribution < -0.4 is 11.5 Å². The summed E-state index contributed by atoms with van der Waals surface area (Å²) < 4.78 is 4.68. The number of esters is 2. The van der Waals surface area contributed by atoms with Crippen LogP contribution in [-0.4, -0.2) is 44.0 Å². The Kier molecular flexibility index (Phi) is 4.80. The third-order valence-corrected chi connectivity index (χ3v) is 2.80. The molecule has 0 saturated carbocycles. The van der Waals surface area contributed by atoms with Crippen molar-refractivity contribution in [2.24, 2.45) is 11.5 Å². The van der Waals surface area contributed by atoms with E-state index in [-0.39, 0.29) is 12.8 Å². The van der Waals surface area contributed by atoms with Gasteiger partial charge in [0.25, 0.3) is 0 Å². The van der Waals surface area contributed by atoms with Crippen molar-refractivity contribution in [3.8, 4) is 0 Å². The number of carbonyl (C=O) groups is 2. The van der Waals surface area contributed by atoms with Crippen LogP contribution in [0.3, 0.4) is 0 Å². The van der Waals surface area contributed by atoms with Gasteiger partial charge in [0.15, 0.2) is 0 Å². The molecule has 1 unspecified atom stereocenters. The summed E-state index contributed by atoms with van der Waals surface area (Å²) in [6, 6.07) is -1.93. The van der Waals surface area contributed by atoms with E-state index in [1.807, 2.05) is 0 Å². The van der Waals surface area contributed by atoms with Crippen molar-refractivity contribution in [1.29, 1.82) is 0 Å². The lowest BCUT2D eigenvalue weighted by molar-refractivity contribution is -0.161. The third kappa shape index (κ3) is 4.23. The predicted molar refractivity (Wildman–Crippen MR) is 71.6 cm³/mol. The van der Waals surface area contributed by atoms with E-state index in [2.05, 4.69) is 24.7 Å². The minimum absolute atomic E-state index is 0.196. The smallest absolute Gasteiger partial charge is 0.330 e. The number of hydrogen-bond acceptors (Lipinski definition) is 7. The molecule has 0 amide bonds. The zero-order valence-electron chi connectivity index (χ0n) is 11.2. The van der Waals surface area contributed by atoms with Crippen LogP contribution in [0.25, 0.3) is 0 Å². The number of aromatic nitrogens is 4. The van der Waals surface area contributed by atoms with Crippen molar-refractivity contribution in [2.45, 2.75) is 24.9 Å². The Morgan fingerprint density at radius 3 is 1.76 bits per heavy atom. The van der Waals surface area contributed by atoms with Crippen LogP contribution in [-0.2, 0) is 27.2 Å². The van der Waals surface area contributed by atoms with Crippen LogP contribution in [0.4, 0.5) is 0 Å². The van der Waals surface area contributed by atoms with Gasteiger partial charge in [-0.15, -0.1) is 0 Å². The van der Waals surface area contributed by atoms with Crippen molar-refractivity contribution in [2.75, 3.05) is 0 Å². The molecular formula is C12H16N6O3. The Balaban J connectivity index is 1.82. The van der Waals surface area contributed by atoms with E-state index in [9.17, 15) is 9.59 Å². The molecule has 0 aliphatic carbocycles. The maximum absolute atomic E-state index is 11.7. The summed E-state index contributed by atoms with van der Waals surface area (Å²) >= 11 is 0. The molecule has 0 bridgehead atoms. The maximum Gasteiger partial charge on any atom is 0.330 e. The summed E-state index contributed by atoms with van der Waals surface area (Å²) in [6.07, 6.45) is 6.42. The van der Waals surface area contributed by atoms with Gasteiger partial charge in [0.2, 0.25) is 0 Å².